The van der Waals surface area contributed by atoms with E-state index in [4.69, 9.17) is 0 Å². The van der Waals surface area contributed by atoms with Gasteiger partial charge in [0, 0.05) is 46.7 Å². The molecule has 47 heavy (non-hydrogen) atoms. The summed E-state index contributed by atoms with van der Waals surface area (Å²) in [4.78, 5) is 1.30. The second-order valence-corrected chi connectivity index (χ2v) is 14.2. The highest BCUT2D eigenvalue weighted by atomic mass is 32.1. The van der Waals surface area contributed by atoms with Gasteiger partial charge in [-0.3, -0.25) is 0 Å². The summed E-state index contributed by atoms with van der Waals surface area (Å²) in [6.45, 7) is 0. The molecule has 9 aromatic rings. The fraction of sp³-hybridized carbons (Fsp3) is 0.0455. The molecule has 6 aromatic carbocycles. The van der Waals surface area contributed by atoms with Crippen molar-refractivity contribution in [3.63, 3.8) is 0 Å². The molecule has 0 atom stereocenters. The van der Waals surface area contributed by atoms with E-state index in [1.807, 2.05) is 22.7 Å². The van der Waals surface area contributed by atoms with Crippen LogP contribution in [0.5, 0.6) is 0 Å². The molecule has 3 heterocycles. The maximum absolute atomic E-state index is 2.50. The monoisotopic (exact) mass is 637 g/mol. The van der Waals surface area contributed by atoms with Gasteiger partial charge in [-0.1, -0.05) is 127 Å². The molecule has 224 valence electrons. The maximum atomic E-state index is 2.50. The van der Waals surface area contributed by atoms with E-state index in [9.17, 15) is 0 Å². The number of thiophene rings is 2. The molecule has 0 N–H and O–H groups in total. The Kier molecular flexibility index (Phi) is 7.07. The number of aromatic nitrogens is 1. The van der Waals surface area contributed by atoms with Gasteiger partial charge in [-0.2, -0.15) is 0 Å². The number of allylic oxidation sites excluding steroid dienone is 2. The third-order valence-corrected chi connectivity index (χ3v) is 11.4. The van der Waals surface area contributed by atoms with E-state index in [2.05, 4.69) is 168 Å². The molecule has 0 radical (unpaired) electrons. The normalized spacial score (nSPS) is 12.3. The minimum Gasteiger partial charge on any atom is -0.301 e. The lowest BCUT2D eigenvalue weighted by Crippen LogP contribution is -1.92. The zero-order valence-corrected chi connectivity index (χ0v) is 27.4. The van der Waals surface area contributed by atoms with Crippen LogP contribution >= 0.6 is 22.7 Å². The third-order valence-electron chi connectivity index (χ3n) is 9.06. The lowest BCUT2D eigenvalue weighted by atomic mass is 10.1. The van der Waals surface area contributed by atoms with Crippen LogP contribution in [0.25, 0.3) is 69.2 Å². The van der Waals surface area contributed by atoms with E-state index in [-0.39, 0.29) is 0 Å². The highest BCUT2D eigenvalue weighted by Gasteiger charge is 2.19. The standard InChI is InChI=1S/C44H31NS2/c1-3-11-30(12-4-1)15-9-17-32-21-24-36-39(27-32)45(34-23-26-41-38(29-34)35-19-7-8-20-40(35)46-41)44-43(36)37-25-22-33(28-42(37)47-44)18-10-16-31-13-5-2-6-14-31/h1-14,17-29H,15-16H2/b17-9+,18-10+. The van der Waals surface area contributed by atoms with Crippen molar-refractivity contribution >= 4 is 86.2 Å². The molecule has 0 fully saturated rings. The summed E-state index contributed by atoms with van der Waals surface area (Å²) in [7, 11) is 0. The third kappa shape index (κ3) is 5.18. The molecular formula is C44H31NS2. The van der Waals surface area contributed by atoms with Crippen molar-refractivity contribution in [2.24, 2.45) is 0 Å². The molecule has 0 unspecified atom stereocenters. The summed E-state index contributed by atoms with van der Waals surface area (Å²) in [6.07, 6.45) is 10.9. The average Bonchev–Trinajstić information content (AvgIpc) is 3.77. The topological polar surface area (TPSA) is 4.93 Å². The van der Waals surface area contributed by atoms with Crippen molar-refractivity contribution < 1.29 is 0 Å². The molecule has 0 aliphatic carbocycles. The van der Waals surface area contributed by atoms with Crippen molar-refractivity contribution in [3.8, 4) is 5.69 Å². The second-order valence-electron chi connectivity index (χ2n) is 12.1. The minimum atomic E-state index is 0.920. The Bertz CT molecular complexity index is 2610. The number of fused-ring (bicyclic) bond motifs is 8. The molecule has 0 aliphatic heterocycles. The SMILES string of the molecule is C(=C\c1ccc2c(c1)sc1c2c2ccc(/C=C/Cc3ccccc3)cc2n1-c1ccc2sc3ccccc3c2c1)/Cc1ccccc1. The maximum Gasteiger partial charge on any atom is 0.109 e. The summed E-state index contributed by atoms with van der Waals surface area (Å²) < 4.78 is 6.49. The van der Waals surface area contributed by atoms with E-state index in [0.717, 1.165) is 12.8 Å². The van der Waals surface area contributed by atoms with Crippen LogP contribution in [0.1, 0.15) is 22.3 Å². The van der Waals surface area contributed by atoms with Crippen molar-refractivity contribution in [1.29, 1.82) is 0 Å². The van der Waals surface area contributed by atoms with Crippen LogP contribution in [0.15, 0.2) is 152 Å². The largest absolute Gasteiger partial charge is 0.301 e. The molecule has 3 aromatic heterocycles. The molecule has 0 saturated heterocycles. The van der Waals surface area contributed by atoms with E-state index in [1.165, 1.54) is 79.3 Å². The van der Waals surface area contributed by atoms with Gasteiger partial charge >= 0.3 is 0 Å². The highest BCUT2D eigenvalue weighted by molar-refractivity contribution is 7.26. The Labute approximate surface area is 282 Å². The van der Waals surface area contributed by atoms with Gasteiger partial charge in [-0.15, -0.1) is 22.7 Å². The van der Waals surface area contributed by atoms with Crippen LogP contribution in [0, 0.1) is 0 Å². The number of nitrogens with zero attached hydrogens (tertiary/aromatic N) is 1. The molecule has 9 rings (SSSR count). The number of benzene rings is 6. The fourth-order valence-electron chi connectivity index (χ4n) is 6.78. The molecule has 3 heteroatoms. The zero-order valence-electron chi connectivity index (χ0n) is 25.8. The number of rotatable bonds is 7. The van der Waals surface area contributed by atoms with Crippen molar-refractivity contribution in [1.82, 2.24) is 4.57 Å². The molecule has 1 nitrogen and oxygen atoms in total. The lowest BCUT2D eigenvalue weighted by Gasteiger charge is -2.08. The van der Waals surface area contributed by atoms with Crippen LogP contribution in [0.2, 0.25) is 0 Å². The minimum absolute atomic E-state index is 0.920. The van der Waals surface area contributed by atoms with Gasteiger partial charge < -0.3 is 4.57 Å². The van der Waals surface area contributed by atoms with Gasteiger partial charge in [0.25, 0.3) is 0 Å². The predicted molar refractivity (Wildman–Crippen MR) is 207 cm³/mol. The van der Waals surface area contributed by atoms with Gasteiger partial charge in [0.1, 0.15) is 4.83 Å². The average molecular weight is 638 g/mol. The first-order valence-corrected chi connectivity index (χ1v) is 17.8. The Morgan fingerprint density at radius 3 is 1.85 bits per heavy atom. The quantitative estimate of drug-likeness (QED) is 0.164. The number of hydrogen-bond acceptors (Lipinski definition) is 2. The van der Waals surface area contributed by atoms with E-state index in [0.29, 0.717) is 0 Å². The second kappa shape index (κ2) is 11.9. The molecule has 0 saturated carbocycles. The summed E-state index contributed by atoms with van der Waals surface area (Å²) in [6, 6.07) is 51.0. The Hall–Kier alpha value is -5.22. The van der Waals surface area contributed by atoms with Crippen LogP contribution in [-0.2, 0) is 12.8 Å². The molecular weight excluding hydrogens is 607 g/mol. The Morgan fingerprint density at radius 2 is 1.11 bits per heavy atom. The molecule has 0 spiro atoms. The van der Waals surface area contributed by atoms with Gasteiger partial charge in [-0.25, -0.2) is 0 Å². The molecule has 0 aliphatic rings. The smallest absolute Gasteiger partial charge is 0.109 e. The van der Waals surface area contributed by atoms with Gasteiger partial charge in [-0.05, 0) is 71.5 Å². The van der Waals surface area contributed by atoms with Crippen LogP contribution < -0.4 is 0 Å². The molecule has 0 bridgehead atoms. The van der Waals surface area contributed by atoms with Crippen molar-refractivity contribution in [2.75, 3.05) is 0 Å². The summed E-state index contributed by atoms with van der Waals surface area (Å²) >= 11 is 3.77. The lowest BCUT2D eigenvalue weighted by molar-refractivity contribution is 1.20. The van der Waals surface area contributed by atoms with Crippen molar-refractivity contribution in [2.45, 2.75) is 12.8 Å². The van der Waals surface area contributed by atoms with Crippen molar-refractivity contribution in [3.05, 3.63) is 174 Å². The van der Waals surface area contributed by atoms with E-state index >= 15 is 0 Å². The van der Waals surface area contributed by atoms with Crippen LogP contribution in [0.3, 0.4) is 0 Å². The summed E-state index contributed by atoms with van der Waals surface area (Å²) in [5.41, 5.74) is 7.58. The highest BCUT2D eigenvalue weighted by Crippen LogP contribution is 2.44. The number of hydrogen-bond donors (Lipinski definition) is 0. The Balaban J connectivity index is 1.19. The van der Waals surface area contributed by atoms with Gasteiger partial charge in [0.05, 0.1) is 5.52 Å². The van der Waals surface area contributed by atoms with Crippen LogP contribution in [-0.4, -0.2) is 4.57 Å². The zero-order chi connectivity index (χ0) is 31.2. The fourth-order valence-corrected chi connectivity index (χ4v) is 9.17. The van der Waals surface area contributed by atoms with E-state index < -0.39 is 0 Å². The van der Waals surface area contributed by atoms with Crippen LogP contribution in [0.4, 0.5) is 0 Å². The summed E-state index contributed by atoms with van der Waals surface area (Å²) in [5.74, 6) is 0. The predicted octanol–water partition coefficient (Wildman–Crippen LogP) is 12.9. The Morgan fingerprint density at radius 1 is 0.468 bits per heavy atom. The first-order chi connectivity index (χ1) is 23.3. The first-order valence-electron chi connectivity index (χ1n) is 16.1. The summed E-state index contributed by atoms with van der Waals surface area (Å²) in [5, 5.41) is 6.62. The van der Waals surface area contributed by atoms with E-state index in [1.54, 1.807) is 0 Å². The first kappa shape index (κ1) is 28.0. The molecule has 0 amide bonds. The van der Waals surface area contributed by atoms with Gasteiger partial charge in [0.2, 0.25) is 0 Å². The van der Waals surface area contributed by atoms with Gasteiger partial charge in [0.15, 0.2) is 0 Å².